The summed E-state index contributed by atoms with van der Waals surface area (Å²) in [4.78, 5) is 28.1. The summed E-state index contributed by atoms with van der Waals surface area (Å²) in [6.07, 6.45) is 0.704. The molecule has 6 nitrogen and oxygen atoms in total. The molecule has 1 heterocycles. The fraction of sp³-hybridized carbons (Fsp3) is 0.692. The first-order valence-electron chi connectivity index (χ1n) is 6.87. The molecule has 0 aromatic carbocycles. The molecule has 0 aliphatic carbocycles. The van der Waals surface area contributed by atoms with Crippen molar-refractivity contribution in [3.63, 3.8) is 0 Å². The van der Waals surface area contributed by atoms with Crippen molar-refractivity contribution in [1.82, 2.24) is 10.3 Å². The Hall–Kier alpha value is -1.37. The number of hydrogen-bond acceptors (Lipinski definition) is 5. The molecular formula is C13H22N4O2S. The summed E-state index contributed by atoms with van der Waals surface area (Å²) in [6, 6.07) is -0.0422. The normalized spacial score (nSPS) is 16.4. The lowest BCUT2D eigenvalue weighted by Gasteiger charge is -2.26. The van der Waals surface area contributed by atoms with Crippen molar-refractivity contribution in [1.29, 1.82) is 0 Å². The van der Waals surface area contributed by atoms with Gasteiger partial charge < -0.3 is 5.32 Å². The van der Waals surface area contributed by atoms with E-state index in [1.807, 2.05) is 27.7 Å². The lowest BCUT2D eigenvalue weighted by atomic mass is 10.1. The van der Waals surface area contributed by atoms with Gasteiger partial charge in [-0.1, -0.05) is 18.7 Å². The Morgan fingerprint density at radius 2 is 2.15 bits per heavy atom. The van der Waals surface area contributed by atoms with Crippen LogP contribution in [0.3, 0.4) is 0 Å². The first-order chi connectivity index (χ1) is 9.49. The molecule has 0 aromatic rings. The second-order valence-corrected chi connectivity index (χ2v) is 5.80. The number of carbonyl (C=O) groups excluding carboxylic acids is 2. The molecule has 0 atom stereocenters. The van der Waals surface area contributed by atoms with E-state index in [4.69, 9.17) is 0 Å². The van der Waals surface area contributed by atoms with Crippen LogP contribution in [0.4, 0.5) is 0 Å². The maximum atomic E-state index is 12.2. The van der Waals surface area contributed by atoms with Gasteiger partial charge in [-0.05, 0) is 26.5 Å². The number of aliphatic imine (C=N–C) groups is 1. The van der Waals surface area contributed by atoms with E-state index in [-0.39, 0.29) is 17.9 Å². The number of nitrogens with zero attached hydrogens (tertiary/aromatic N) is 3. The minimum atomic E-state index is -0.267. The Balaban J connectivity index is 2.78. The van der Waals surface area contributed by atoms with Crippen LogP contribution in [0.15, 0.2) is 10.1 Å². The third-order valence-electron chi connectivity index (χ3n) is 2.61. The molecule has 0 radical (unpaired) electrons. The molecular weight excluding hydrogens is 276 g/mol. The molecule has 0 saturated heterocycles. The summed E-state index contributed by atoms with van der Waals surface area (Å²) in [5.41, 5.74) is 0.388. The molecule has 2 amide bonds. The van der Waals surface area contributed by atoms with E-state index in [1.165, 1.54) is 16.8 Å². The van der Waals surface area contributed by atoms with Crippen molar-refractivity contribution < 1.29 is 9.59 Å². The number of nitrogens with one attached hydrogen (secondary N) is 1. The maximum Gasteiger partial charge on any atom is 0.273 e. The topological polar surface area (TPSA) is 74.1 Å². The Morgan fingerprint density at radius 1 is 1.45 bits per heavy atom. The highest BCUT2D eigenvalue weighted by Crippen LogP contribution is 2.13. The van der Waals surface area contributed by atoms with E-state index >= 15 is 0 Å². The Morgan fingerprint density at radius 3 is 2.70 bits per heavy atom. The standard InChI is InChI=1S/C13H22N4O2S/c1-5-14-13(20-6-2)15-12(19)10-7-8-11(18)17(16-10)9(3)4/h9H,5-8H2,1-4H3,(H,14,15,19). The molecule has 112 valence electrons. The van der Waals surface area contributed by atoms with Gasteiger partial charge in [0.15, 0.2) is 5.17 Å². The van der Waals surface area contributed by atoms with Crippen molar-refractivity contribution in [2.24, 2.45) is 10.1 Å². The van der Waals surface area contributed by atoms with E-state index in [1.54, 1.807) is 0 Å². The third-order valence-corrected chi connectivity index (χ3v) is 3.41. The van der Waals surface area contributed by atoms with Gasteiger partial charge in [0.05, 0.1) is 0 Å². The van der Waals surface area contributed by atoms with Gasteiger partial charge in [0, 0.05) is 25.4 Å². The van der Waals surface area contributed by atoms with Crippen LogP contribution in [-0.2, 0) is 9.59 Å². The number of carbonyl (C=O) groups is 2. The summed E-state index contributed by atoms with van der Waals surface area (Å²) < 4.78 is 0. The number of amides is 2. The fourth-order valence-electron chi connectivity index (χ4n) is 1.71. The fourth-order valence-corrected chi connectivity index (χ4v) is 2.37. The van der Waals surface area contributed by atoms with Gasteiger partial charge in [0.25, 0.3) is 5.91 Å². The summed E-state index contributed by atoms with van der Waals surface area (Å²) >= 11 is 1.48. The van der Waals surface area contributed by atoms with Gasteiger partial charge in [0.2, 0.25) is 5.91 Å². The molecule has 1 N–H and O–H groups in total. The van der Waals surface area contributed by atoms with Gasteiger partial charge in [-0.15, -0.1) is 0 Å². The number of amidine groups is 1. The van der Waals surface area contributed by atoms with E-state index in [2.05, 4.69) is 15.4 Å². The summed E-state index contributed by atoms with van der Waals surface area (Å²) in [7, 11) is 0. The first kappa shape index (κ1) is 16.7. The third kappa shape index (κ3) is 4.63. The molecule has 0 bridgehead atoms. The smallest absolute Gasteiger partial charge is 0.273 e. The number of thioether (sulfide) groups is 1. The Bertz CT molecular complexity index is 432. The zero-order valence-corrected chi connectivity index (χ0v) is 13.3. The van der Waals surface area contributed by atoms with Gasteiger partial charge in [0.1, 0.15) is 5.71 Å². The molecule has 1 rings (SSSR count). The van der Waals surface area contributed by atoms with E-state index in [0.717, 1.165) is 5.75 Å². The van der Waals surface area contributed by atoms with Gasteiger partial charge in [-0.3, -0.25) is 14.6 Å². The average Bonchev–Trinajstić information content (AvgIpc) is 2.39. The van der Waals surface area contributed by atoms with Crippen molar-refractivity contribution in [2.45, 2.75) is 46.6 Å². The van der Waals surface area contributed by atoms with E-state index < -0.39 is 0 Å². The molecule has 0 spiro atoms. The average molecular weight is 298 g/mol. The maximum absolute atomic E-state index is 12.2. The summed E-state index contributed by atoms with van der Waals surface area (Å²) in [5, 5.41) is 8.91. The monoisotopic (exact) mass is 298 g/mol. The predicted molar refractivity (Wildman–Crippen MR) is 82.9 cm³/mol. The Labute approximate surface area is 124 Å². The van der Waals surface area contributed by atoms with Crippen LogP contribution in [-0.4, -0.2) is 46.0 Å². The molecule has 1 aliphatic rings. The highest BCUT2D eigenvalue weighted by Gasteiger charge is 2.26. The molecule has 7 heteroatoms. The Kier molecular flexibility index (Phi) is 6.70. The quantitative estimate of drug-likeness (QED) is 0.633. The second kappa shape index (κ2) is 8.04. The molecule has 0 fully saturated rings. The minimum absolute atomic E-state index is 0.0399. The number of hydrogen-bond donors (Lipinski definition) is 1. The summed E-state index contributed by atoms with van der Waals surface area (Å²) in [5.74, 6) is 0.528. The molecule has 0 unspecified atom stereocenters. The van der Waals surface area contributed by atoms with E-state index in [0.29, 0.717) is 30.3 Å². The number of rotatable bonds is 4. The lowest BCUT2D eigenvalue weighted by molar-refractivity contribution is -0.133. The van der Waals surface area contributed by atoms with Crippen LogP contribution in [0.5, 0.6) is 0 Å². The summed E-state index contributed by atoms with van der Waals surface area (Å²) in [6.45, 7) is 8.28. The highest BCUT2D eigenvalue weighted by atomic mass is 32.2. The van der Waals surface area contributed by atoms with Gasteiger partial charge in [-0.25, -0.2) is 5.01 Å². The van der Waals surface area contributed by atoms with Crippen molar-refractivity contribution >= 4 is 34.5 Å². The minimum Gasteiger partial charge on any atom is -0.300 e. The van der Waals surface area contributed by atoms with Gasteiger partial charge >= 0.3 is 0 Å². The zero-order valence-electron chi connectivity index (χ0n) is 12.5. The van der Waals surface area contributed by atoms with Crippen LogP contribution in [0, 0.1) is 0 Å². The zero-order chi connectivity index (χ0) is 15.1. The van der Waals surface area contributed by atoms with Crippen molar-refractivity contribution in [2.75, 3.05) is 12.3 Å². The van der Waals surface area contributed by atoms with Crippen LogP contribution < -0.4 is 5.32 Å². The van der Waals surface area contributed by atoms with Crippen molar-refractivity contribution in [3.8, 4) is 0 Å². The van der Waals surface area contributed by atoms with Crippen LogP contribution >= 0.6 is 11.8 Å². The van der Waals surface area contributed by atoms with Gasteiger partial charge in [-0.2, -0.15) is 5.10 Å². The second-order valence-electron chi connectivity index (χ2n) is 4.55. The largest absolute Gasteiger partial charge is 0.300 e. The first-order valence-corrected chi connectivity index (χ1v) is 7.86. The van der Waals surface area contributed by atoms with Crippen LogP contribution in [0.1, 0.15) is 40.5 Å². The predicted octanol–water partition coefficient (Wildman–Crippen LogP) is 1.62. The molecule has 0 aromatic heterocycles. The number of hydrazone groups is 1. The van der Waals surface area contributed by atoms with Crippen LogP contribution in [0.25, 0.3) is 0 Å². The molecule has 20 heavy (non-hydrogen) atoms. The highest BCUT2D eigenvalue weighted by molar-refractivity contribution is 8.13. The molecule has 1 aliphatic heterocycles. The van der Waals surface area contributed by atoms with Crippen molar-refractivity contribution in [3.05, 3.63) is 0 Å². The lowest BCUT2D eigenvalue weighted by Crippen LogP contribution is -2.42. The SMILES string of the molecule is CCN=C(NC(=O)C1=NN(C(C)C)C(=O)CC1)SCC. The van der Waals surface area contributed by atoms with E-state index in [9.17, 15) is 9.59 Å². The molecule has 0 saturated carbocycles. The van der Waals surface area contributed by atoms with Crippen LogP contribution in [0.2, 0.25) is 0 Å².